The molecule has 1 saturated carbocycles. The molecule has 0 bridgehead atoms. The maximum atomic E-state index is 11.6. The number of nitrogens with one attached hydrogen (secondary N) is 1. The number of rotatable bonds is 5. The van der Waals surface area contributed by atoms with Gasteiger partial charge in [-0.15, -0.1) is 0 Å². The fourth-order valence-corrected chi connectivity index (χ4v) is 3.48. The van der Waals surface area contributed by atoms with Gasteiger partial charge in [0.05, 0.1) is 0 Å². The van der Waals surface area contributed by atoms with E-state index in [1.54, 1.807) is 0 Å². The molecule has 1 amide bonds. The van der Waals surface area contributed by atoms with Gasteiger partial charge in [0, 0.05) is 18.1 Å². The molecule has 4 nitrogen and oxygen atoms in total. The molecule has 1 rings (SSSR count). The summed E-state index contributed by atoms with van der Waals surface area (Å²) in [6, 6.07) is 0. The lowest BCUT2D eigenvalue weighted by molar-refractivity contribution is -0.120. The molecule has 0 aliphatic heterocycles. The van der Waals surface area contributed by atoms with Gasteiger partial charge in [0.15, 0.2) is 9.84 Å². The Morgan fingerprint density at radius 2 is 2.00 bits per heavy atom. The number of amides is 1. The van der Waals surface area contributed by atoms with Gasteiger partial charge in [-0.3, -0.25) is 4.79 Å². The predicted octanol–water partition coefficient (Wildman–Crippen LogP) is 1.35. The van der Waals surface area contributed by atoms with Crippen molar-refractivity contribution in [1.29, 1.82) is 0 Å². The van der Waals surface area contributed by atoms with Crippen LogP contribution in [-0.4, -0.2) is 37.7 Å². The van der Waals surface area contributed by atoms with Gasteiger partial charge in [-0.1, -0.05) is 22.4 Å². The van der Waals surface area contributed by atoms with Crippen molar-refractivity contribution in [2.24, 2.45) is 11.8 Å². The molecule has 1 fully saturated rings. The maximum absolute atomic E-state index is 11.6. The van der Waals surface area contributed by atoms with E-state index in [1.807, 2.05) is 0 Å². The largest absolute Gasteiger partial charge is 0.355 e. The highest BCUT2D eigenvalue weighted by atomic mass is 79.9. The minimum atomic E-state index is -3.29. The fraction of sp³-hybridized carbons (Fsp3) is 0.909. The summed E-state index contributed by atoms with van der Waals surface area (Å²) < 4.78 is 22.4. The summed E-state index contributed by atoms with van der Waals surface area (Å²) >= 11 is 3.48. The molecule has 0 aromatic rings. The van der Waals surface area contributed by atoms with Crippen LogP contribution >= 0.6 is 15.9 Å². The molecular formula is C11H20BrNO3S. The molecule has 1 aliphatic rings. The molecule has 3 atom stereocenters. The van der Waals surface area contributed by atoms with Crippen LogP contribution in [0.4, 0.5) is 0 Å². The SMILES string of the molecule is CC(C(=O)NCC1CCCC1CBr)S(C)(=O)=O. The third-order valence-corrected chi connectivity index (χ3v) is 5.89. The van der Waals surface area contributed by atoms with E-state index < -0.39 is 15.1 Å². The summed E-state index contributed by atoms with van der Waals surface area (Å²) in [7, 11) is -3.29. The topological polar surface area (TPSA) is 63.2 Å². The third kappa shape index (κ3) is 4.25. The second-order valence-electron chi connectivity index (χ2n) is 4.82. The minimum Gasteiger partial charge on any atom is -0.355 e. The Bertz CT molecular complexity index is 369. The van der Waals surface area contributed by atoms with Crippen molar-refractivity contribution in [3.8, 4) is 0 Å². The van der Waals surface area contributed by atoms with E-state index in [0.717, 1.165) is 18.0 Å². The second-order valence-corrected chi connectivity index (χ2v) is 7.84. The first-order valence-corrected chi connectivity index (χ1v) is 8.96. The molecule has 17 heavy (non-hydrogen) atoms. The van der Waals surface area contributed by atoms with E-state index in [1.165, 1.54) is 19.8 Å². The Balaban J connectivity index is 2.43. The summed E-state index contributed by atoms with van der Waals surface area (Å²) in [6.07, 6.45) is 4.59. The highest BCUT2D eigenvalue weighted by Gasteiger charge is 2.28. The smallest absolute Gasteiger partial charge is 0.238 e. The Morgan fingerprint density at radius 1 is 1.41 bits per heavy atom. The van der Waals surface area contributed by atoms with E-state index in [4.69, 9.17) is 0 Å². The normalized spacial score (nSPS) is 26.8. The van der Waals surface area contributed by atoms with Crippen molar-refractivity contribution >= 4 is 31.7 Å². The van der Waals surface area contributed by atoms with Crippen LogP contribution in [0.15, 0.2) is 0 Å². The zero-order valence-electron chi connectivity index (χ0n) is 10.3. The van der Waals surface area contributed by atoms with Gasteiger partial charge in [-0.05, 0) is 31.6 Å². The molecular weight excluding hydrogens is 306 g/mol. The number of alkyl halides is 1. The highest BCUT2D eigenvalue weighted by molar-refractivity contribution is 9.09. The quantitative estimate of drug-likeness (QED) is 0.776. The monoisotopic (exact) mass is 325 g/mol. The van der Waals surface area contributed by atoms with Gasteiger partial charge in [-0.2, -0.15) is 0 Å². The van der Waals surface area contributed by atoms with Crippen molar-refractivity contribution in [2.45, 2.75) is 31.4 Å². The Labute approximate surface area is 112 Å². The molecule has 0 radical (unpaired) electrons. The molecule has 6 heteroatoms. The van der Waals surface area contributed by atoms with E-state index in [0.29, 0.717) is 18.4 Å². The summed E-state index contributed by atoms with van der Waals surface area (Å²) in [4.78, 5) is 11.6. The van der Waals surface area contributed by atoms with Gasteiger partial charge in [0.25, 0.3) is 0 Å². The highest BCUT2D eigenvalue weighted by Crippen LogP contribution is 2.32. The molecule has 0 spiro atoms. The van der Waals surface area contributed by atoms with Crippen LogP contribution in [0.5, 0.6) is 0 Å². The van der Waals surface area contributed by atoms with E-state index in [-0.39, 0.29) is 5.91 Å². The fourth-order valence-electron chi connectivity index (χ4n) is 2.16. The van der Waals surface area contributed by atoms with Crippen LogP contribution in [-0.2, 0) is 14.6 Å². The number of carbonyl (C=O) groups is 1. The number of hydrogen-bond acceptors (Lipinski definition) is 3. The molecule has 0 saturated heterocycles. The Kier molecular flexibility index (Phi) is 5.44. The first kappa shape index (κ1) is 15.0. The van der Waals surface area contributed by atoms with E-state index in [9.17, 15) is 13.2 Å². The van der Waals surface area contributed by atoms with Gasteiger partial charge < -0.3 is 5.32 Å². The van der Waals surface area contributed by atoms with Gasteiger partial charge in [0.1, 0.15) is 5.25 Å². The van der Waals surface area contributed by atoms with Crippen molar-refractivity contribution < 1.29 is 13.2 Å². The van der Waals surface area contributed by atoms with Crippen LogP contribution in [0.2, 0.25) is 0 Å². The van der Waals surface area contributed by atoms with Crippen LogP contribution < -0.4 is 5.32 Å². The maximum Gasteiger partial charge on any atom is 0.238 e. The zero-order valence-corrected chi connectivity index (χ0v) is 12.7. The van der Waals surface area contributed by atoms with Gasteiger partial charge in [-0.25, -0.2) is 8.42 Å². The van der Waals surface area contributed by atoms with E-state index >= 15 is 0 Å². The van der Waals surface area contributed by atoms with Crippen LogP contribution in [0.3, 0.4) is 0 Å². The van der Waals surface area contributed by atoms with Crippen LogP contribution in [0, 0.1) is 11.8 Å². The third-order valence-electron chi connectivity index (χ3n) is 3.56. The minimum absolute atomic E-state index is 0.382. The van der Waals surface area contributed by atoms with Crippen LogP contribution in [0.25, 0.3) is 0 Å². The Morgan fingerprint density at radius 3 is 2.53 bits per heavy atom. The molecule has 0 aromatic carbocycles. The standard InChI is InChI=1S/C11H20BrNO3S/c1-8(17(2,15)16)11(14)13-7-10-5-3-4-9(10)6-12/h8-10H,3-7H2,1-2H3,(H,13,14). The lowest BCUT2D eigenvalue weighted by atomic mass is 9.98. The van der Waals surface area contributed by atoms with Crippen molar-refractivity contribution in [3.05, 3.63) is 0 Å². The number of halogens is 1. The lowest BCUT2D eigenvalue weighted by Crippen LogP contribution is -2.40. The lowest BCUT2D eigenvalue weighted by Gasteiger charge is -2.19. The molecule has 0 heterocycles. The second kappa shape index (κ2) is 6.18. The molecule has 3 unspecified atom stereocenters. The number of hydrogen-bond donors (Lipinski definition) is 1. The zero-order chi connectivity index (χ0) is 13.1. The molecule has 0 aromatic heterocycles. The van der Waals surface area contributed by atoms with Crippen molar-refractivity contribution in [1.82, 2.24) is 5.32 Å². The summed E-state index contributed by atoms with van der Waals surface area (Å²) in [6.45, 7) is 2.02. The number of sulfone groups is 1. The van der Waals surface area contributed by atoms with Gasteiger partial charge >= 0.3 is 0 Å². The average Bonchev–Trinajstić information content (AvgIpc) is 2.70. The average molecular weight is 326 g/mol. The molecule has 1 N–H and O–H groups in total. The molecule has 100 valence electrons. The first-order valence-electron chi connectivity index (χ1n) is 5.88. The van der Waals surface area contributed by atoms with Crippen molar-refractivity contribution in [3.63, 3.8) is 0 Å². The van der Waals surface area contributed by atoms with Crippen molar-refractivity contribution in [2.75, 3.05) is 18.1 Å². The van der Waals surface area contributed by atoms with E-state index in [2.05, 4.69) is 21.2 Å². The van der Waals surface area contributed by atoms with Gasteiger partial charge in [0.2, 0.25) is 5.91 Å². The summed E-state index contributed by atoms with van der Waals surface area (Å²) in [5.74, 6) is 0.696. The molecule has 1 aliphatic carbocycles. The van der Waals surface area contributed by atoms with Crippen LogP contribution in [0.1, 0.15) is 26.2 Å². The first-order chi connectivity index (χ1) is 7.86. The predicted molar refractivity (Wildman–Crippen MR) is 71.9 cm³/mol. The summed E-state index contributed by atoms with van der Waals surface area (Å²) in [5.41, 5.74) is 0. The summed E-state index contributed by atoms with van der Waals surface area (Å²) in [5, 5.41) is 2.76. The number of carbonyl (C=O) groups excluding carboxylic acids is 1. The Hall–Kier alpha value is -0.100.